The van der Waals surface area contributed by atoms with Gasteiger partial charge in [0, 0.05) is 14.1 Å². The van der Waals surface area contributed by atoms with Crippen LogP contribution in [0.5, 0.6) is 0 Å². The zero-order valence-corrected chi connectivity index (χ0v) is 16.1. The van der Waals surface area contributed by atoms with Crippen molar-refractivity contribution < 1.29 is 23.9 Å². The van der Waals surface area contributed by atoms with Crippen molar-refractivity contribution in [2.45, 2.75) is 20.0 Å². The lowest BCUT2D eigenvalue weighted by Crippen LogP contribution is -2.34. The van der Waals surface area contributed by atoms with Crippen molar-refractivity contribution in [1.29, 1.82) is 0 Å². The molecule has 144 valence electrons. The number of para-hydroxylation sites is 1. The number of fused-ring (bicyclic) bond motifs is 1. The van der Waals surface area contributed by atoms with Crippen LogP contribution >= 0.6 is 0 Å². The minimum Gasteiger partial charge on any atom is -0.449 e. The lowest BCUT2D eigenvalue weighted by molar-refractivity contribution is -0.137. The first kappa shape index (κ1) is 19.3. The third-order valence-electron chi connectivity index (χ3n) is 4.55. The zero-order chi connectivity index (χ0) is 20.6. The van der Waals surface area contributed by atoms with Crippen LogP contribution in [0, 0.1) is 6.92 Å². The van der Waals surface area contributed by atoms with Crippen LogP contribution in [0.3, 0.4) is 0 Å². The van der Waals surface area contributed by atoms with Gasteiger partial charge in [0.1, 0.15) is 0 Å². The molecular formula is C21H20N2O5. The number of nitrogens with zero attached hydrogens (tertiary/aromatic N) is 2. The first-order valence-corrected chi connectivity index (χ1v) is 8.73. The number of rotatable bonds is 4. The van der Waals surface area contributed by atoms with Crippen molar-refractivity contribution in [2.75, 3.05) is 19.0 Å². The van der Waals surface area contributed by atoms with E-state index >= 15 is 0 Å². The van der Waals surface area contributed by atoms with E-state index in [0.29, 0.717) is 5.69 Å². The highest BCUT2D eigenvalue weighted by Crippen LogP contribution is 2.31. The van der Waals surface area contributed by atoms with Gasteiger partial charge in [-0.3, -0.25) is 14.4 Å². The maximum atomic E-state index is 12.8. The molecule has 28 heavy (non-hydrogen) atoms. The number of aryl methyl sites for hydroxylation is 1. The maximum absolute atomic E-state index is 12.8. The summed E-state index contributed by atoms with van der Waals surface area (Å²) in [6, 6.07) is 11.3. The van der Waals surface area contributed by atoms with Gasteiger partial charge in [-0.1, -0.05) is 18.2 Å². The lowest BCUT2D eigenvalue weighted by atomic mass is 10.1. The van der Waals surface area contributed by atoms with Crippen LogP contribution in [0.15, 0.2) is 42.5 Å². The van der Waals surface area contributed by atoms with Gasteiger partial charge in [0.15, 0.2) is 6.10 Å². The third kappa shape index (κ3) is 3.26. The fraction of sp³-hybridized carbons (Fsp3) is 0.238. The van der Waals surface area contributed by atoms with Crippen LogP contribution in [0.2, 0.25) is 0 Å². The van der Waals surface area contributed by atoms with Crippen molar-refractivity contribution >= 4 is 29.4 Å². The molecule has 2 aromatic carbocycles. The summed E-state index contributed by atoms with van der Waals surface area (Å²) in [4.78, 5) is 52.2. The molecule has 0 radical (unpaired) electrons. The first-order chi connectivity index (χ1) is 13.2. The largest absolute Gasteiger partial charge is 0.449 e. The standard InChI is InChI=1S/C21H20N2O5/c1-12-7-5-6-8-17(12)23-19(25)15-10-9-14(11-16(15)20(23)26)21(27)28-13(2)18(24)22(3)4/h5-11,13H,1-4H3/t13-/m1/s1. The van der Waals surface area contributed by atoms with E-state index in [2.05, 4.69) is 0 Å². The summed E-state index contributed by atoms with van der Waals surface area (Å²) >= 11 is 0. The summed E-state index contributed by atoms with van der Waals surface area (Å²) in [6.07, 6.45) is -0.962. The number of hydrogen-bond acceptors (Lipinski definition) is 5. The van der Waals surface area contributed by atoms with Gasteiger partial charge >= 0.3 is 5.97 Å². The molecule has 0 bridgehead atoms. The molecule has 0 unspecified atom stereocenters. The van der Waals surface area contributed by atoms with E-state index in [4.69, 9.17) is 4.74 Å². The molecule has 0 spiro atoms. The van der Waals surface area contributed by atoms with E-state index in [9.17, 15) is 19.2 Å². The van der Waals surface area contributed by atoms with Gasteiger partial charge in [-0.25, -0.2) is 9.69 Å². The van der Waals surface area contributed by atoms with Crippen LogP contribution in [0.25, 0.3) is 0 Å². The molecule has 7 nitrogen and oxygen atoms in total. The molecule has 3 rings (SSSR count). The molecule has 1 aliphatic rings. The number of anilines is 1. The van der Waals surface area contributed by atoms with Crippen LogP contribution in [-0.2, 0) is 9.53 Å². The molecule has 0 saturated carbocycles. The predicted octanol–water partition coefficient (Wildman–Crippen LogP) is 2.43. The number of carbonyl (C=O) groups excluding carboxylic acids is 4. The molecule has 1 aliphatic heterocycles. The van der Waals surface area contributed by atoms with E-state index in [1.54, 1.807) is 26.2 Å². The number of hydrogen-bond donors (Lipinski definition) is 0. The van der Waals surface area contributed by atoms with E-state index in [1.165, 1.54) is 30.0 Å². The minimum atomic E-state index is -0.962. The molecule has 0 fully saturated rings. The molecule has 0 aliphatic carbocycles. The number of carbonyl (C=O) groups is 4. The molecule has 1 atom stereocenters. The average Bonchev–Trinajstić information content (AvgIpc) is 2.91. The van der Waals surface area contributed by atoms with Crippen molar-refractivity contribution in [3.05, 3.63) is 64.7 Å². The van der Waals surface area contributed by atoms with Crippen LogP contribution in [0.1, 0.15) is 43.6 Å². The van der Waals surface area contributed by atoms with Gasteiger partial charge in [-0.05, 0) is 43.7 Å². The van der Waals surface area contributed by atoms with E-state index in [0.717, 1.165) is 10.5 Å². The Bertz CT molecular complexity index is 996. The first-order valence-electron chi connectivity index (χ1n) is 8.73. The number of benzene rings is 2. The number of esters is 1. The lowest BCUT2D eigenvalue weighted by Gasteiger charge is -2.17. The number of amides is 3. The Balaban J connectivity index is 1.89. The molecule has 0 aromatic heterocycles. The van der Waals surface area contributed by atoms with Crippen molar-refractivity contribution in [3.63, 3.8) is 0 Å². The molecule has 0 saturated heterocycles. The smallest absolute Gasteiger partial charge is 0.338 e. The minimum absolute atomic E-state index is 0.102. The molecule has 1 heterocycles. The van der Waals surface area contributed by atoms with Crippen molar-refractivity contribution in [1.82, 2.24) is 4.90 Å². The Hall–Kier alpha value is -3.48. The molecule has 0 N–H and O–H groups in total. The highest BCUT2D eigenvalue weighted by Gasteiger charge is 2.38. The Morgan fingerprint density at radius 3 is 2.29 bits per heavy atom. The monoisotopic (exact) mass is 380 g/mol. The van der Waals surface area contributed by atoms with Gasteiger partial charge < -0.3 is 9.64 Å². The van der Waals surface area contributed by atoms with Gasteiger partial charge in [0.05, 0.1) is 22.4 Å². The maximum Gasteiger partial charge on any atom is 0.338 e. The fourth-order valence-corrected chi connectivity index (χ4v) is 3.04. The van der Waals surface area contributed by atoms with Crippen molar-refractivity contribution in [2.24, 2.45) is 0 Å². The summed E-state index contributed by atoms with van der Waals surface area (Å²) in [6.45, 7) is 3.28. The molecule has 7 heteroatoms. The summed E-state index contributed by atoms with van der Waals surface area (Å²) in [7, 11) is 3.12. The second kappa shape index (κ2) is 7.26. The van der Waals surface area contributed by atoms with E-state index < -0.39 is 23.9 Å². The van der Waals surface area contributed by atoms with Crippen LogP contribution in [-0.4, -0.2) is 48.8 Å². The average molecular weight is 380 g/mol. The van der Waals surface area contributed by atoms with Gasteiger partial charge in [0.25, 0.3) is 17.7 Å². The highest BCUT2D eigenvalue weighted by molar-refractivity contribution is 6.34. The SMILES string of the molecule is Cc1ccccc1N1C(=O)c2ccc(C(=O)O[C@H](C)C(=O)N(C)C)cc2C1=O. The van der Waals surface area contributed by atoms with Crippen LogP contribution in [0.4, 0.5) is 5.69 Å². The topological polar surface area (TPSA) is 84.0 Å². The van der Waals surface area contributed by atoms with Crippen LogP contribution < -0.4 is 4.90 Å². The fourth-order valence-electron chi connectivity index (χ4n) is 3.04. The van der Waals surface area contributed by atoms with E-state index in [-0.39, 0.29) is 22.6 Å². The Kier molecular flexibility index (Phi) is 5.00. The summed E-state index contributed by atoms with van der Waals surface area (Å²) in [5.74, 6) is -2.03. The summed E-state index contributed by atoms with van der Waals surface area (Å²) in [5, 5.41) is 0. The molecule has 2 aromatic rings. The summed E-state index contributed by atoms with van der Waals surface area (Å²) in [5.41, 5.74) is 1.75. The highest BCUT2D eigenvalue weighted by atomic mass is 16.5. The summed E-state index contributed by atoms with van der Waals surface area (Å²) < 4.78 is 5.17. The van der Waals surface area contributed by atoms with E-state index in [1.807, 2.05) is 19.1 Å². The normalized spacial score (nSPS) is 13.9. The molecule has 3 amide bonds. The Labute approximate surface area is 162 Å². The second-order valence-electron chi connectivity index (χ2n) is 6.77. The third-order valence-corrected chi connectivity index (χ3v) is 4.55. The Morgan fingerprint density at radius 2 is 1.64 bits per heavy atom. The Morgan fingerprint density at radius 1 is 1.00 bits per heavy atom. The number of likely N-dealkylation sites (N-methyl/N-ethyl adjacent to an activating group) is 1. The van der Waals surface area contributed by atoms with Gasteiger partial charge in [-0.2, -0.15) is 0 Å². The van der Waals surface area contributed by atoms with Gasteiger partial charge in [0.2, 0.25) is 0 Å². The zero-order valence-electron chi connectivity index (χ0n) is 16.1. The quantitative estimate of drug-likeness (QED) is 0.601. The predicted molar refractivity (Wildman–Crippen MR) is 102 cm³/mol. The second-order valence-corrected chi connectivity index (χ2v) is 6.77. The molecular weight excluding hydrogens is 360 g/mol. The van der Waals surface area contributed by atoms with Gasteiger partial charge in [-0.15, -0.1) is 0 Å². The van der Waals surface area contributed by atoms with Crippen molar-refractivity contribution in [3.8, 4) is 0 Å². The number of imide groups is 1. The number of ether oxygens (including phenoxy) is 1.